The van der Waals surface area contributed by atoms with E-state index in [1.54, 1.807) is 13.0 Å². The van der Waals surface area contributed by atoms with E-state index in [0.29, 0.717) is 17.3 Å². The largest absolute Gasteiger partial charge is 0.462 e. The maximum Gasteiger partial charge on any atom is 0.338 e. The number of carbonyl (C=O) groups excluding carboxylic acids is 1. The number of esters is 1. The first-order valence-electron chi connectivity index (χ1n) is 7.27. The molecule has 0 unspecified atom stereocenters. The lowest BCUT2D eigenvalue weighted by Gasteiger charge is -2.09. The van der Waals surface area contributed by atoms with Crippen molar-refractivity contribution in [3.8, 4) is 22.4 Å². The lowest BCUT2D eigenvalue weighted by Crippen LogP contribution is -2.04. The van der Waals surface area contributed by atoms with Crippen molar-refractivity contribution in [3.63, 3.8) is 0 Å². The smallest absolute Gasteiger partial charge is 0.338 e. The van der Waals surface area contributed by atoms with Crippen molar-refractivity contribution < 1.29 is 9.53 Å². The van der Waals surface area contributed by atoms with Crippen LogP contribution in [0.25, 0.3) is 22.4 Å². The highest BCUT2D eigenvalue weighted by molar-refractivity contribution is 7.13. The van der Waals surface area contributed by atoms with Gasteiger partial charge in [-0.05, 0) is 30.2 Å². The quantitative estimate of drug-likeness (QED) is 0.729. The highest BCUT2D eigenvalue weighted by atomic mass is 32.1. The standard InChI is InChI=1S/C18H16N2O2S/c1-2-22-17(21)13-7-5-6-12(10-13)14-8-3-4-9-15(14)16-11-23-18(19)20-16/h3-11H,2H2,1H3,(H2,19,20). The molecule has 116 valence electrons. The predicted molar refractivity (Wildman–Crippen MR) is 93.4 cm³/mol. The van der Waals surface area contributed by atoms with Crippen LogP contribution in [-0.2, 0) is 4.74 Å². The van der Waals surface area contributed by atoms with Gasteiger partial charge >= 0.3 is 5.97 Å². The van der Waals surface area contributed by atoms with Crippen molar-refractivity contribution in [1.82, 2.24) is 4.98 Å². The zero-order valence-electron chi connectivity index (χ0n) is 12.7. The number of anilines is 1. The molecule has 0 fully saturated rings. The SMILES string of the molecule is CCOC(=O)c1cccc(-c2ccccc2-c2csc(N)n2)c1. The molecule has 1 heterocycles. The summed E-state index contributed by atoms with van der Waals surface area (Å²) in [5.41, 5.74) is 10.1. The molecule has 0 saturated carbocycles. The lowest BCUT2D eigenvalue weighted by molar-refractivity contribution is 0.0526. The van der Waals surface area contributed by atoms with Gasteiger partial charge in [0.2, 0.25) is 0 Å². The van der Waals surface area contributed by atoms with Crippen LogP contribution in [0.3, 0.4) is 0 Å². The summed E-state index contributed by atoms with van der Waals surface area (Å²) in [6.07, 6.45) is 0. The van der Waals surface area contributed by atoms with Gasteiger partial charge in [-0.1, -0.05) is 36.4 Å². The van der Waals surface area contributed by atoms with E-state index in [4.69, 9.17) is 10.5 Å². The van der Waals surface area contributed by atoms with Gasteiger partial charge < -0.3 is 10.5 Å². The first kappa shape index (κ1) is 15.2. The minimum absolute atomic E-state index is 0.315. The third-order valence-electron chi connectivity index (χ3n) is 3.41. The molecule has 0 radical (unpaired) electrons. The van der Waals surface area contributed by atoms with Crippen molar-refractivity contribution in [2.75, 3.05) is 12.3 Å². The molecule has 0 aliphatic heterocycles. The fraction of sp³-hybridized carbons (Fsp3) is 0.111. The number of ether oxygens (including phenoxy) is 1. The summed E-state index contributed by atoms with van der Waals surface area (Å²) in [5, 5.41) is 2.47. The maximum absolute atomic E-state index is 11.9. The van der Waals surface area contributed by atoms with Crippen molar-refractivity contribution in [2.45, 2.75) is 6.92 Å². The van der Waals surface area contributed by atoms with Crippen LogP contribution in [0.2, 0.25) is 0 Å². The van der Waals surface area contributed by atoms with Gasteiger partial charge in [-0.25, -0.2) is 9.78 Å². The minimum atomic E-state index is -0.315. The summed E-state index contributed by atoms with van der Waals surface area (Å²) in [5.74, 6) is -0.315. The van der Waals surface area contributed by atoms with Crippen LogP contribution in [0.5, 0.6) is 0 Å². The highest BCUT2D eigenvalue weighted by Crippen LogP contribution is 2.33. The first-order chi connectivity index (χ1) is 11.2. The molecule has 3 aromatic rings. The number of carbonyl (C=O) groups is 1. The number of rotatable bonds is 4. The van der Waals surface area contributed by atoms with E-state index < -0.39 is 0 Å². The second-order valence-electron chi connectivity index (χ2n) is 4.92. The molecule has 0 bridgehead atoms. The molecule has 0 spiro atoms. The van der Waals surface area contributed by atoms with E-state index in [-0.39, 0.29) is 5.97 Å². The molecule has 2 N–H and O–H groups in total. The minimum Gasteiger partial charge on any atom is -0.462 e. The number of hydrogen-bond acceptors (Lipinski definition) is 5. The van der Waals surface area contributed by atoms with Crippen LogP contribution >= 0.6 is 11.3 Å². The van der Waals surface area contributed by atoms with Gasteiger partial charge in [-0.2, -0.15) is 0 Å². The monoisotopic (exact) mass is 324 g/mol. The van der Waals surface area contributed by atoms with Crippen molar-refractivity contribution in [2.24, 2.45) is 0 Å². The molecule has 5 heteroatoms. The lowest BCUT2D eigenvalue weighted by atomic mass is 9.97. The Hall–Kier alpha value is -2.66. The Morgan fingerprint density at radius 3 is 2.65 bits per heavy atom. The van der Waals surface area contributed by atoms with E-state index in [0.717, 1.165) is 22.4 Å². The number of nitrogens with zero attached hydrogens (tertiary/aromatic N) is 1. The second kappa shape index (κ2) is 6.62. The molecule has 2 aromatic carbocycles. The van der Waals surface area contributed by atoms with Crippen molar-refractivity contribution >= 4 is 22.4 Å². The van der Waals surface area contributed by atoms with Gasteiger partial charge in [-0.15, -0.1) is 11.3 Å². The third kappa shape index (κ3) is 3.24. The molecule has 0 saturated heterocycles. The molecule has 23 heavy (non-hydrogen) atoms. The highest BCUT2D eigenvalue weighted by Gasteiger charge is 2.12. The third-order valence-corrected chi connectivity index (χ3v) is 4.08. The summed E-state index contributed by atoms with van der Waals surface area (Å²) in [6, 6.07) is 15.4. The predicted octanol–water partition coefficient (Wildman–Crippen LogP) is 4.24. The number of benzene rings is 2. The first-order valence-corrected chi connectivity index (χ1v) is 8.15. The van der Waals surface area contributed by atoms with E-state index in [1.165, 1.54) is 11.3 Å². The van der Waals surface area contributed by atoms with E-state index in [9.17, 15) is 4.79 Å². The van der Waals surface area contributed by atoms with Gasteiger partial charge in [0.1, 0.15) is 0 Å². The Balaban J connectivity index is 2.06. The molecule has 0 atom stereocenters. The average Bonchev–Trinajstić information content (AvgIpc) is 3.01. The molecule has 0 aliphatic rings. The normalized spacial score (nSPS) is 10.5. The van der Waals surface area contributed by atoms with Crippen LogP contribution in [0.4, 0.5) is 5.13 Å². The number of nitrogens with two attached hydrogens (primary N) is 1. The molecule has 4 nitrogen and oxygen atoms in total. The van der Waals surface area contributed by atoms with Gasteiger partial charge in [0, 0.05) is 10.9 Å². The molecule has 1 aromatic heterocycles. The Kier molecular flexibility index (Phi) is 4.39. The summed E-state index contributed by atoms with van der Waals surface area (Å²) >= 11 is 1.41. The number of nitrogen functional groups attached to an aromatic ring is 1. The number of hydrogen-bond donors (Lipinski definition) is 1. The van der Waals surface area contributed by atoms with Crippen molar-refractivity contribution in [1.29, 1.82) is 0 Å². The summed E-state index contributed by atoms with van der Waals surface area (Å²) in [6.45, 7) is 2.15. The molecule has 0 amide bonds. The van der Waals surface area contributed by atoms with Crippen LogP contribution in [0.15, 0.2) is 53.9 Å². The zero-order chi connectivity index (χ0) is 16.2. The van der Waals surface area contributed by atoms with Crippen LogP contribution in [0, 0.1) is 0 Å². The second-order valence-corrected chi connectivity index (χ2v) is 5.81. The molecular weight excluding hydrogens is 308 g/mol. The number of aromatic nitrogens is 1. The maximum atomic E-state index is 11.9. The molecular formula is C18H16N2O2S. The van der Waals surface area contributed by atoms with E-state index >= 15 is 0 Å². The Morgan fingerprint density at radius 2 is 1.96 bits per heavy atom. The topological polar surface area (TPSA) is 65.2 Å². The fourth-order valence-corrected chi connectivity index (χ4v) is 2.96. The molecule has 3 rings (SSSR count). The fourth-order valence-electron chi connectivity index (χ4n) is 2.40. The van der Waals surface area contributed by atoms with E-state index in [1.807, 2.05) is 47.8 Å². The van der Waals surface area contributed by atoms with Crippen LogP contribution in [-0.4, -0.2) is 17.6 Å². The zero-order valence-corrected chi connectivity index (χ0v) is 13.5. The van der Waals surface area contributed by atoms with Crippen LogP contribution in [0.1, 0.15) is 17.3 Å². The Bertz CT molecular complexity index is 842. The van der Waals surface area contributed by atoms with Crippen LogP contribution < -0.4 is 5.73 Å². The summed E-state index contributed by atoms with van der Waals surface area (Å²) < 4.78 is 5.07. The Labute approximate surface area is 138 Å². The van der Waals surface area contributed by atoms with E-state index in [2.05, 4.69) is 4.98 Å². The van der Waals surface area contributed by atoms with Gasteiger partial charge in [-0.3, -0.25) is 0 Å². The average molecular weight is 324 g/mol. The molecule has 0 aliphatic carbocycles. The van der Waals surface area contributed by atoms with Gasteiger partial charge in [0.25, 0.3) is 0 Å². The van der Waals surface area contributed by atoms with Gasteiger partial charge in [0.15, 0.2) is 5.13 Å². The number of thiazole rings is 1. The summed E-state index contributed by atoms with van der Waals surface area (Å²) in [4.78, 5) is 16.3. The Morgan fingerprint density at radius 1 is 1.17 bits per heavy atom. The summed E-state index contributed by atoms with van der Waals surface area (Å²) in [7, 11) is 0. The van der Waals surface area contributed by atoms with Gasteiger partial charge in [0.05, 0.1) is 17.9 Å². The van der Waals surface area contributed by atoms with Crippen molar-refractivity contribution in [3.05, 3.63) is 59.5 Å².